The van der Waals surface area contributed by atoms with E-state index in [9.17, 15) is 14.9 Å². The molecule has 0 N–H and O–H groups in total. The first kappa shape index (κ1) is 9.64. The molecule has 0 radical (unpaired) electrons. The number of esters is 1. The van der Waals surface area contributed by atoms with Gasteiger partial charge in [0.25, 0.3) is 0 Å². The maximum Gasteiger partial charge on any atom is 0.339 e. The molecule has 1 atom stereocenters. The Balaban J connectivity index is 2.17. The largest absolute Gasteiger partial charge is 0.454 e. The first-order valence-corrected chi connectivity index (χ1v) is 4.60. The van der Waals surface area contributed by atoms with Gasteiger partial charge in [0, 0.05) is 10.5 Å². The van der Waals surface area contributed by atoms with Gasteiger partial charge in [-0.05, 0) is 6.07 Å². The summed E-state index contributed by atoms with van der Waals surface area (Å²) in [6, 6.07) is 6.98. The Labute approximate surface area is 85.8 Å². The highest BCUT2D eigenvalue weighted by atomic mass is 16.6. The van der Waals surface area contributed by atoms with E-state index in [4.69, 9.17) is 4.74 Å². The molecule has 1 unspecified atom stereocenters. The molecule has 1 aliphatic rings. The number of hydrogen-bond acceptors (Lipinski definition) is 4. The van der Waals surface area contributed by atoms with Crippen molar-refractivity contribution < 1.29 is 14.5 Å². The highest BCUT2D eigenvalue weighted by molar-refractivity contribution is 5.93. The molecule has 0 amide bonds. The Hall–Kier alpha value is -1.91. The second-order valence-electron chi connectivity index (χ2n) is 3.33. The van der Waals surface area contributed by atoms with Gasteiger partial charge in [0.2, 0.25) is 6.54 Å². The highest BCUT2D eigenvalue weighted by Gasteiger charge is 2.31. The molecule has 0 spiro atoms. The maximum absolute atomic E-state index is 11.3. The van der Waals surface area contributed by atoms with Crippen LogP contribution in [-0.4, -0.2) is 17.4 Å². The lowest BCUT2D eigenvalue weighted by molar-refractivity contribution is -0.482. The number of hydrogen-bond donors (Lipinski definition) is 0. The summed E-state index contributed by atoms with van der Waals surface area (Å²) >= 11 is 0. The van der Waals surface area contributed by atoms with Crippen LogP contribution >= 0.6 is 0 Å². The van der Waals surface area contributed by atoms with Crippen LogP contribution < -0.4 is 0 Å². The minimum atomic E-state index is -0.459. The first-order chi connectivity index (χ1) is 7.18. The topological polar surface area (TPSA) is 69.4 Å². The normalized spacial score (nSPS) is 18.4. The average molecular weight is 207 g/mol. The fourth-order valence-electron chi connectivity index (χ4n) is 1.66. The van der Waals surface area contributed by atoms with Gasteiger partial charge in [0.05, 0.1) is 12.0 Å². The summed E-state index contributed by atoms with van der Waals surface area (Å²) in [5, 5.41) is 10.2. The van der Waals surface area contributed by atoms with E-state index in [1.165, 1.54) is 0 Å². The van der Waals surface area contributed by atoms with E-state index < -0.39 is 11.0 Å². The Morgan fingerprint density at radius 3 is 2.87 bits per heavy atom. The fourth-order valence-corrected chi connectivity index (χ4v) is 1.66. The van der Waals surface area contributed by atoms with Crippen LogP contribution in [0.1, 0.15) is 28.4 Å². The number of benzene rings is 1. The van der Waals surface area contributed by atoms with Crippen LogP contribution in [0, 0.1) is 10.1 Å². The van der Waals surface area contributed by atoms with E-state index in [1.54, 1.807) is 24.3 Å². The van der Waals surface area contributed by atoms with Crippen molar-refractivity contribution in [3.05, 3.63) is 45.5 Å². The number of carbonyl (C=O) groups is 1. The molecule has 1 aromatic carbocycles. The van der Waals surface area contributed by atoms with E-state index in [1.807, 2.05) is 0 Å². The zero-order chi connectivity index (χ0) is 10.8. The van der Waals surface area contributed by atoms with Gasteiger partial charge in [-0.15, -0.1) is 0 Å². The summed E-state index contributed by atoms with van der Waals surface area (Å²) in [6.07, 6.45) is -0.227. The SMILES string of the molecule is O=C1OC(CC[N+](=O)[O-])c2ccccc21. The summed E-state index contributed by atoms with van der Waals surface area (Å²) in [5.74, 6) is -0.390. The van der Waals surface area contributed by atoms with Crippen molar-refractivity contribution in [1.82, 2.24) is 0 Å². The molecule has 0 saturated heterocycles. The van der Waals surface area contributed by atoms with Gasteiger partial charge in [-0.25, -0.2) is 4.79 Å². The highest BCUT2D eigenvalue weighted by Crippen LogP contribution is 2.32. The summed E-state index contributed by atoms with van der Waals surface area (Å²) in [5.41, 5.74) is 1.27. The van der Waals surface area contributed by atoms with E-state index in [-0.39, 0.29) is 18.9 Å². The van der Waals surface area contributed by atoms with Crippen molar-refractivity contribution >= 4 is 5.97 Å². The zero-order valence-corrected chi connectivity index (χ0v) is 7.88. The van der Waals surface area contributed by atoms with Crippen LogP contribution in [0.25, 0.3) is 0 Å². The smallest absolute Gasteiger partial charge is 0.339 e. The van der Waals surface area contributed by atoms with Gasteiger partial charge >= 0.3 is 5.97 Å². The van der Waals surface area contributed by atoms with E-state index in [0.717, 1.165) is 5.56 Å². The van der Waals surface area contributed by atoms with Gasteiger partial charge < -0.3 is 4.74 Å². The van der Waals surface area contributed by atoms with Crippen molar-refractivity contribution in [3.63, 3.8) is 0 Å². The molecule has 1 aromatic rings. The number of ether oxygens (including phenoxy) is 1. The monoisotopic (exact) mass is 207 g/mol. The molecule has 0 bridgehead atoms. The molecule has 0 aromatic heterocycles. The molecule has 0 saturated carbocycles. The van der Waals surface area contributed by atoms with Gasteiger partial charge in [-0.1, -0.05) is 18.2 Å². The first-order valence-electron chi connectivity index (χ1n) is 4.60. The van der Waals surface area contributed by atoms with E-state index in [2.05, 4.69) is 0 Å². The molecule has 1 aliphatic heterocycles. The molecular weight excluding hydrogens is 198 g/mol. The quantitative estimate of drug-likeness (QED) is 0.428. The predicted octanol–water partition coefficient (Wildman–Crippen LogP) is 1.56. The average Bonchev–Trinajstić information content (AvgIpc) is 2.54. The van der Waals surface area contributed by atoms with Crippen molar-refractivity contribution in [3.8, 4) is 0 Å². The number of cyclic esters (lactones) is 1. The Bertz CT molecular complexity index is 416. The van der Waals surface area contributed by atoms with Crippen molar-refractivity contribution in [2.75, 3.05) is 6.54 Å². The lowest BCUT2D eigenvalue weighted by Crippen LogP contribution is -2.07. The van der Waals surface area contributed by atoms with Gasteiger partial charge in [0.15, 0.2) is 0 Å². The Morgan fingerprint density at radius 1 is 1.40 bits per heavy atom. The van der Waals surface area contributed by atoms with Crippen LogP contribution in [0.2, 0.25) is 0 Å². The lowest BCUT2D eigenvalue weighted by Gasteiger charge is -2.06. The van der Waals surface area contributed by atoms with Crippen molar-refractivity contribution in [1.29, 1.82) is 0 Å². The minimum Gasteiger partial charge on any atom is -0.454 e. The summed E-state index contributed by atoms with van der Waals surface area (Å²) < 4.78 is 5.04. The fraction of sp³-hybridized carbons (Fsp3) is 0.300. The molecule has 5 nitrogen and oxygen atoms in total. The third kappa shape index (κ3) is 1.81. The standard InChI is InChI=1S/C10H9NO4/c12-10-8-4-2-1-3-7(8)9(15-10)5-6-11(13)14/h1-4,9H,5-6H2. The molecule has 2 rings (SSSR count). The molecule has 15 heavy (non-hydrogen) atoms. The molecule has 0 fully saturated rings. The third-order valence-corrected chi connectivity index (χ3v) is 2.35. The van der Waals surface area contributed by atoms with Crippen LogP contribution in [0.5, 0.6) is 0 Å². The summed E-state index contributed by atoms with van der Waals surface area (Å²) in [7, 11) is 0. The second-order valence-corrected chi connectivity index (χ2v) is 3.33. The lowest BCUT2D eigenvalue weighted by atomic mass is 10.0. The minimum absolute atomic E-state index is 0.188. The number of nitro groups is 1. The molecule has 5 heteroatoms. The van der Waals surface area contributed by atoms with Crippen molar-refractivity contribution in [2.45, 2.75) is 12.5 Å². The Morgan fingerprint density at radius 2 is 2.13 bits per heavy atom. The summed E-state index contributed by atoms with van der Waals surface area (Å²) in [4.78, 5) is 21.1. The molecule has 78 valence electrons. The van der Waals surface area contributed by atoms with Crippen molar-refractivity contribution in [2.24, 2.45) is 0 Å². The predicted molar refractivity (Wildman–Crippen MR) is 51.1 cm³/mol. The molecule has 0 aliphatic carbocycles. The maximum atomic E-state index is 11.3. The third-order valence-electron chi connectivity index (χ3n) is 2.35. The Kier molecular flexibility index (Phi) is 2.37. The number of rotatable bonds is 3. The van der Waals surface area contributed by atoms with Gasteiger partial charge in [-0.2, -0.15) is 0 Å². The van der Waals surface area contributed by atoms with Crippen LogP contribution in [0.3, 0.4) is 0 Å². The van der Waals surface area contributed by atoms with Crippen LogP contribution in [0.4, 0.5) is 0 Å². The number of carbonyl (C=O) groups excluding carboxylic acids is 1. The van der Waals surface area contributed by atoms with Crippen LogP contribution in [-0.2, 0) is 4.74 Å². The van der Waals surface area contributed by atoms with Gasteiger partial charge in [-0.3, -0.25) is 10.1 Å². The van der Waals surface area contributed by atoms with E-state index in [0.29, 0.717) is 5.56 Å². The van der Waals surface area contributed by atoms with Gasteiger partial charge in [0.1, 0.15) is 6.10 Å². The summed E-state index contributed by atoms with van der Waals surface area (Å²) in [6.45, 7) is -0.188. The van der Waals surface area contributed by atoms with Crippen LogP contribution in [0.15, 0.2) is 24.3 Å². The molecular formula is C10H9NO4. The number of nitrogens with zero attached hydrogens (tertiary/aromatic N) is 1. The zero-order valence-electron chi connectivity index (χ0n) is 7.88. The number of fused-ring (bicyclic) bond motifs is 1. The second kappa shape index (κ2) is 3.68. The molecule has 1 heterocycles. The van der Waals surface area contributed by atoms with E-state index >= 15 is 0 Å².